The SMILES string of the molecule is O=C(O)C(=O)Nc1ccc2c(=O)c3c(oc2c1)C(=Cc1ccccc1Cl)CC3. The second-order valence-corrected chi connectivity index (χ2v) is 6.81. The molecule has 1 aromatic heterocycles. The number of nitrogens with one attached hydrogen (secondary N) is 1. The maximum atomic E-state index is 12.8. The molecule has 1 aliphatic carbocycles. The van der Waals surface area contributed by atoms with Crippen molar-refractivity contribution in [1.82, 2.24) is 0 Å². The Morgan fingerprint density at radius 3 is 2.68 bits per heavy atom. The van der Waals surface area contributed by atoms with Gasteiger partial charge in [0.25, 0.3) is 0 Å². The van der Waals surface area contributed by atoms with Crippen molar-refractivity contribution in [2.24, 2.45) is 0 Å². The Morgan fingerprint density at radius 1 is 1.14 bits per heavy atom. The molecule has 0 radical (unpaired) electrons. The van der Waals surface area contributed by atoms with E-state index in [0.29, 0.717) is 34.6 Å². The Labute approximate surface area is 164 Å². The summed E-state index contributed by atoms with van der Waals surface area (Å²) in [5.74, 6) is -2.26. The first-order valence-corrected chi connectivity index (χ1v) is 8.91. The number of carboxylic acid groups (broad SMARTS) is 1. The summed E-state index contributed by atoms with van der Waals surface area (Å²) in [6.45, 7) is 0. The molecular formula is C21H14ClNO5. The molecule has 0 unspecified atom stereocenters. The summed E-state index contributed by atoms with van der Waals surface area (Å²) in [5, 5.41) is 12.0. The van der Waals surface area contributed by atoms with Crippen molar-refractivity contribution in [2.45, 2.75) is 12.8 Å². The Bertz CT molecular complexity index is 1230. The molecule has 2 aromatic carbocycles. The number of allylic oxidation sites excluding steroid dienone is 1. The molecule has 0 aliphatic heterocycles. The zero-order chi connectivity index (χ0) is 19.8. The highest BCUT2D eigenvalue weighted by atomic mass is 35.5. The first-order chi connectivity index (χ1) is 13.4. The van der Waals surface area contributed by atoms with E-state index >= 15 is 0 Å². The van der Waals surface area contributed by atoms with Crippen LogP contribution in [0.15, 0.2) is 51.7 Å². The lowest BCUT2D eigenvalue weighted by Gasteiger charge is -2.07. The summed E-state index contributed by atoms with van der Waals surface area (Å²) < 4.78 is 5.98. The lowest BCUT2D eigenvalue weighted by atomic mass is 10.1. The number of fused-ring (bicyclic) bond motifs is 2. The summed E-state index contributed by atoms with van der Waals surface area (Å²) in [6.07, 6.45) is 3.12. The molecule has 0 fully saturated rings. The molecule has 1 heterocycles. The first-order valence-electron chi connectivity index (χ1n) is 8.53. The van der Waals surface area contributed by atoms with Gasteiger partial charge >= 0.3 is 11.9 Å². The molecule has 0 atom stereocenters. The third-order valence-corrected chi connectivity index (χ3v) is 4.95. The summed E-state index contributed by atoms with van der Waals surface area (Å²) >= 11 is 6.23. The van der Waals surface area contributed by atoms with Crippen LogP contribution in [-0.2, 0) is 16.0 Å². The Balaban J connectivity index is 1.81. The van der Waals surface area contributed by atoms with Crippen molar-refractivity contribution < 1.29 is 19.1 Å². The van der Waals surface area contributed by atoms with Gasteiger partial charge in [0.2, 0.25) is 0 Å². The lowest BCUT2D eigenvalue weighted by Crippen LogP contribution is -2.21. The fourth-order valence-corrected chi connectivity index (χ4v) is 3.46. The average molecular weight is 396 g/mol. The van der Waals surface area contributed by atoms with Crippen molar-refractivity contribution in [2.75, 3.05) is 5.32 Å². The molecule has 7 heteroatoms. The van der Waals surface area contributed by atoms with Crippen molar-refractivity contribution in [3.8, 4) is 0 Å². The number of halogens is 1. The van der Waals surface area contributed by atoms with E-state index in [4.69, 9.17) is 21.1 Å². The molecule has 6 nitrogen and oxygen atoms in total. The summed E-state index contributed by atoms with van der Waals surface area (Å²) in [6, 6.07) is 11.8. The maximum absolute atomic E-state index is 12.8. The van der Waals surface area contributed by atoms with E-state index in [1.165, 1.54) is 18.2 Å². The molecule has 0 bridgehead atoms. The third kappa shape index (κ3) is 3.18. The minimum absolute atomic E-state index is 0.130. The molecule has 0 saturated heterocycles. The zero-order valence-corrected chi connectivity index (χ0v) is 15.2. The smallest absolute Gasteiger partial charge is 0.394 e. The van der Waals surface area contributed by atoms with Gasteiger partial charge in [-0.25, -0.2) is 4.79 Å². The van der Waals surface area contributed by atoms with Gasteiger partial charge in [0.15, 0.2) is 5.43 Å². The van der Waals surface area contributed by atoms with Crippen molar-refractivity contribution >= 4 is 51.8 Å². The van der Waals surface area contributed by atoms with Gasteiger partial charge in [-0.05, 0) is 48.3 Å². The van der Waals surface area contributed by atoms with Crippen LogP contribution in [-0.4, -0.2) is 17.0 Å². The second-order valence-electron chi connectivity index (χ2n) is 6.40. The highest BCUT2D eigenvalue weighted by Crippen LogP contribution is 2.35. The monoisotopic (exact) mass is 395 g/mol. The van der Waals surface area contributed by atoms with E-state index < -0.39 is 11.9 Å². The van der Waals surface area contributed by atoms with Gasteiger partial charge in [0.1, 0.15) is 11.3 Å². The van der Waals surface area contributed by atoms with Crippen LogP contribution in [0.4, 0.5) is 5.69 Å². The van der Waals surface area contributed by atoms with Gasteiger partial charge in [0.05, 0.1) is 5.39 Å². The number of carbonyl (C=O) groups excluding carboxylic acids is 1. The van der Waals surface area contributed by atoms with Crippen LogP contribution in [0.3, 0.4) is 0 Å². The molecule has 0 spiro atoms. The zero-order valence-electron chi connectivity index (χ0n) is 14.5. The number of hydrogen-bond donors (Lipinski definition) is 2. The van der Waals surface area contributed by atoms with Crippen LogP contribution in [0.5, 0.6) is 0 Å². The number of amides is 1. The molecule has 1 amide bonds. The standard InChI is InChI=1S/C21H14ClNO5/c22-16-4-2-1-3-11(16)9-12-5-7-15-18(24)14-8-6-13(23-20(25)21(26)27)10-17(14)28-19(12)15/h1-4,6,8-10H,5,7H2,(H,23,25)(H,26,27). The second kappa shape index (κ2) is 6.98. The number of rotatable bonds is 2. The van der Waals surface area contributed by atoms with E-state index in [1.807, 2.05) is 24.3 Å². The highest BCUT2D eigenvalue weighted by Gasteiger charge is 2.24. The first kappa shape index (κ1) is 18.0. The Kier molecular flexibility index (Phi) is 4.49. The predicted octanol–water partition coefficient (Wildman–Crippen LogP) is 3.96. The molecule has 1 aliphatic rings. The van der Waals surface area contributed by atoms with Crippen LogP contribution in [0.2, 0.25) is 5.02 Å². The quantitative estimate of drug-likeness (QED) is 0.640. The summed E-state index contributed by atoms with van der Waals surface area (Å²) in [7, 11) is 0. The van der Waals surface area contributed by atoms with E-state index in [2.05, 4.69) is 5.32 Å². The van der Waals surface area contributed by atoms with Gasteiger partial charge < -0.3 is 14.8 Å². The summed E-state index contributed by atoms with van der Waals surface area (Å²) in [4.78, 5) is 34.9. The van der Waals surface area contributed by atoms with Crippen LogP contribution < -0.4 is 10.7 Å². The average Bonchev–Trinajstić information content (AvgIpc) is 3.06. The maximum Gasteiger partial charge on any atom is 0.394 e. The molecule has 28 heavy (non-hydrogen) atoms. The van der Waals surface area contributed by atoms with Crippen molar-refractivity contribution in [3.63, 3.8) is 0 Å². The minimum atomic E-state index is -1.60. The van der Waals surface area contributed by atoms with Crippen molar-refractivity contribution in [3.05, 3.63) is 74.6 Å². The third-order valence-electron chi connectivity index (χ3n) is 4.61. The van der Waals surface area contributed by atoms with Crippen LogP contribution in [0, 0.1) is 0 Å². The Hall–Kier alpha value is -3.38. The van der Waals surface area contributed by atoms with E-state index in [0.717, 1.165) is 11.1 Å². The van der Waals surface area contributed by atoms with Gasteiger partial charge in [-0.2, -0.15) is 0 Å². The Morgan fingerprint density at radius 2 is 1.93 bits per heavy atom. The largest absolute Gasteiger partial charge is 0.474 e. The van der Waals surface area contributed by atoms with Crippen LogP contribution >= 0.6 is 11.6 Å². The number of anilines is 1. The van der Waals surface area contributed by atoms with E-state index in [1.54, 1.807) is 6.07 Å². The molecule has 0 saturated carbocycles. The predicted molar refractivity (Wildman–Crippen MR) is 106 cm³/mol. The number of aliphatic carboxylic acids is 1. The number of carbonyl (C=O) groups is 2. The molecule has 2 N–H and O–H groups in total. The van der Waals surface area contributed by atoms with Crippen LogP contribution in [0.25, 0.3) is 22.6 Å². The van der Waals surface area contributed by atoms with Gasteiger partial charge in [-0.3, -0.25) is 9.59 Å². The number of hydrogen-bond acceptors (Lipinski definition) is 4. The fraction of sp³-hybridized carbons (Fsp3) is 0.0952. The fourth-order valence-electron chi connectivity index (χ4n) is 3.27. The van der Waals surface area contributed by atoms with E-state index in [9.17, 15) is 14.4 Å². The van der Waals surface area contributed by atoms with Crippen molar-refractivity contribution in [1.29, 1.82) is 0 Å². The van der Waals surface area contributed by atoms with Gasteiger partial charge in [-0.15, -0.1) is 0 Å². The summed E-state index contributed by atoms with van der Waals surface area (Å²) in [5.41, 5.74) is 2.68. The molecule has 3 aromatic rings. The lowest BCUT2D eigenvalue weighted by molar-refractivity contribution is -0.147. The molecular weight excluding hydrogens is 382 g/mol. The normalized spacial score (nSPS) is 14.2. The number of benzene rings is 2. The molecule has 4 rings (SSSR count). The van der Waals surface area contributed by atoms with Gasteiger partial charge in [-0.1, -0.05) is 29.8 Å². The van der Waals surface area contributed by atoms with Crippen LogP contribution in [0.1, 0.15) is 23.3 Å². The highest BCUT2D eigenvalue weighted by molar-refractivity contribution is 6.36. The van der Waals surface area contributed by atoms with Gasteiger partial charge in [0, 0.05) is 22.3 Å². The van der Waals surface area contributed by atoms with E-state index in [-0.39, 0.29) is 16.7 Å². The minimum Gasteiger partial charge on any atom is -0.474 e. The topological polar surface area (TPSA) is 96.6 Å². The molecule has 140 valence electrons. The number of carboxylic acids is 1.